The highest BCUT2D eigenvalue weighted by Crippen LogP contribution is 2.21. The molecule has 0 bridgehead atoms. The average molecular weight is 335 g/mol. The third-order valence-electron chi connectivity index (χ3n) is 3.46. The van der Waals surface area contributed by atoms with E-state index >= 15 is 0 Å². The van der Waals surface area contributed by atoms with Crippen molar-refractivity contribution < 1.29 is 18.0 Å². The SMILES string of the molecule is CC(CC(N)=O)(NS(=O)(=O)c1ccc2ccccc2c1)C(N)=O. The first-order valence-corrected chi connectivity index (χ1v) is 8.23. The Morgan fingerprint density at radius 2 is 1.70 bits per heavy atom. The summed E-state index contributed by atoms with van der Waals surface area (Å²) in [5.74, 6) is -1.83. The Morgan fingerprint density at radius 3 is 2.26 bits per heavy atom. The van der Waals surface area contributed by atoms with Crippen molar-refractivity contribution >= 4 is 32.6 Å². The first-order chi connectivity index (χ1) is 10.6. The molecule has 0 radical (unpaired) electrons. The van der Waals surface area contributed by atoms with Gasteiger partial charge in [0.1, 0.15) is 5.54 Å². The number of sulfonamides is 1. The fraction of sp³-hybridized carbons (Fsp3) is 0.200. The van der Waals surface area contributed by atoms with Crippen LogP contribution in [-0.2, 0) is 19.6 Å². The summed E-state index contributed by atoms with van der Waals surface area (Å²) in [7, 11) is -4.06. The predicted molar refractivity (Wildman–Crippen MR) is 85.7 cm³/mol. The largest absolute Gasteiger partial charge is 0.370 e. The van der Waals surface area contributed by atoms with Gasteiger partial charge in [-0.25, -0.2) is 8.42 Å². The van der Waals surface area contributed by atoms with Crippen molar-refractivity contribution in [3.63, 3.8) is 0 Å². The maximum atomic E-state index is 12.5. The second-order valence-electron chi connectivity index (χ2n) is 5.45. The van der Waals surface area contributed by atoms with E-state index < -0.39 is 33.8 Å². The third-order valence-corrected chi connectivity index (χ3v) is 5.06. The van der Waals surface area contributed by atoms with Crippen molar-refractivity contribution in [1.29, 1.82) is 0 Å². The lowest BCUT2D eigenvalue weighted by molar-refractivity contribution is -0.128. The van der Waals surface area contributed by atoms with E-state index in [4.69, 9.17) is 11.5 Å². The number of benzene rings is 2. The summed E-state index contributed by atoms with van der Waals surface area (Å²) < 4.78 is 27.2. The van der Waals surface area contributed by atoms with Gasteiger partial charge >= 0.3 is 0 Å². The van der Waals surface area contributed by atoms with Crippen molar-refractivity contribution in [3.8, 4) is 0 Å². The molecule has 0 aromatic heterocycles. The van der Waals surface area contributed by atoms with Gasteiger partial charge in [0.15, 0.2) is 0 Å². The number of rotatable bonds is 6. The first kappa shape index (κ1) is 16.9. The van der Waals surface area contributed by atoms with Gasteiger partial charge in [-0.1, -0.05) is 30.3 Å². The van der Waals surface area contributed by atoms with Crippen molar-refractivity contribution in [2.24, 2.45) is 11.5 Å². The molecule has 23 heavy (non-hydrogen) atoms. The topological polar surface area (TPSA) is 132 Å². The molecule has 1 unspecified atom stereocenters. The molecular weight excluding hydrogens is 318 g/mol. The molecule has 5 N–H and O–H groups in total. The van der Waals surface area contributed by atoms with Crippen LogP contribution in [0, 0.1) is 0 Å². The van der Waals surface area contributed by atoms with Crippen LogP contribution in [0.5, 0.6) is 0 Å². The van der Waals surface area contributed by atoms with Crippen molar-refractivity contribution in [3.05, 3.63) is 42.5 Å². The number of carbonyl (C=O) groups excluding carboxylic acids is 2. The van der Waals surface area contributed by atoms with Crippen LogP contribution in [0.15, 0.2) is 47.4 Å². The maximum Gasteiger partial charge on any atom is 0.241 e. The zero-order valence-electron chi connectivity index (χ0n) is 12.4. The van der Waals surface area contributed by atoms with E-state index in [2.05, 4.69) is 4.72 Å². The zero-order chi connectivity index (χ0) is 17.3. The van der Waals surface area contributed by atoms with E-state index in [1.165, 1.54) is 19.1 Å². The second kappa shape index (κ2) is 5.98. The van der Waals surface area contributed by atoms with Gasteiger partial charge in [-0.3, -0.25) is 9.59 Å². The smallest absolute Gasteiger partial charge is 0.241 e. The van der Waals surface area contributed by atoms with E-state index in [9.17, 15) is 18.0 Å². The van der Waals surface area contributed by atoms with Gasteiger partial charge in [-0.2, -0.15) is 4.72 Å². The highest BCUT2D eigenvalue weighted by molar-refractivity contribution is 7.89. The van der Waals surface area contributed by atoms with Gasteiger partial charge in [0.2, 0.25) is 21.8 Å². The number of amides is 2. The molecule has 7 nitrogen and oxygen atoms in total. The molecule has 8 heteroatoms. The Balaban J connectivity index is 2.42. The fourth-order valence-corrected chi connectivity index (χ4v) is 3.63. The van der Waals surface area contributed by atoms with Gasteiger partial charge in [0.25, 0.3) is 0 Å². The number of primary amides is 2. The third kappa shape index (κ3) is 3.66. The lowest BCUT2D eigenvalue weighted by Gasteiger charge is -2.25. The standard InChI is InChI=1S/C15H17N3O4S/c1-15(14(17)20,9-13(16)19)18-23(21,22)12-7-6-10-4-2-3-5-11(10)8-12/h2-8,18H,9H2,1H3,(H2,16,19)(H2,17,20). The van der Waals surface area contributed by atoms with Crippen LogP contribution in [0.2, 0.25) is 0 Å². The molecule has 0 aliphatic heterocycles. The van der Waals surface area contributed by atoms with E-state index in [0.29, 0.717) is 0 Å². The van der Waals surface area contributed by atoms with E-state index in [0.717, 1.165) is 10.8 Å². The molecule has 0 heterocycles. The Bertz CT molecular complexity index is 879. The normalized spacial score (nSPS) is 14.3. The Hall–Kier alpha value is -2.45. The number of fused-ring (bicyclic) bond motifs is 1. The Kier molecular flexibility index (Phi) is 4.39. The summed E-state index contributed by atoms with van der Waals surface area (Å²) in [4.78, 5) is 22.6. The number of nitrogens with two attached hydrogens (primary N) is 2. The van der Waals surface area contributed by atoms with Crippen LogP contribution >= 0.6 is 0 Å². The Morgan fingerprint density at radius 1 is 1.09 bits per heavy atom. The summed E-state index contributed by atoms with van der Waals surface area (Å²) in [6.45, 7) is 1.22. The number of nitrogens with one attached hydrogen (secondary N) is 1. The summed E-state index contributed by atoms with van der Waals surface area (Å²) in [6.07, 6.45) is -0.533. The zero-order valence-corrected chi connectivity index (χ0v) is 13.3. The molecule has 122 valence electrons. The highest BCUT2D eigenvalue weighted by Gasteiger charge is 2.37. The molecule has 0 saturated carbocycles. The molecule has 0 aliphatic rings. The van der Waals surface area contributed by atoms with Crippen LogP contribution < -0.4 is 16.2 Å². The summed E-state index contributed by atoms with van der Waals surface area (Å²) in [5.41, 5.74) is 8.49. The van der Waals surface area contributed by atoms with E-state index in [-0.39, 0.29) is 4.90 Å². The van der Waals surface area contributed by atoms with Crippen LogP contribution in [-0.4, -0.2) is 25.8 Å². The summed E-state index contributed by atoms with van der Waals surface area (Å²) in [6, 6.07) is 11.8. The summed E-state index contributed by atoms with van der Waals surface area (Å²) in [5, 5.41) is 1.60. The number of hydrogen-bond donors (Lipinski definition) is 3. The lowest BCUT2D eigenvalue weighted by atomic mass is 9.98. The van der Waals surface area contributed by atoms with Crippen molar-refractivity contribution in [1.82, 2.24) is 4.72 Å². The van der Waals surface area contributed by atoms with E-state index in [1.807, 2.05) is 12.1 Å². The molecule has 2 aromatic rings. The van der Waals surface area contributed by atoms with Crippen LogP contribution in [0.25, 0.3) is 10.8 Å². The molecule has 1 atom stereocenters. The molecule has 0 fully saturated rings. The molecule has 2 amide bonds. The highest BCUT2D eigenvalue weighted by atomic mass is 32.2. The van der Waals surface area contributed by atoms with Crippen LogP contribution in [0.3, 0.4) is 0 Å². The quantitative estimate of drug-likeness (QED) is 0.697. The molecular formula is C15H17N3O4S. The molecule has 0 aliphatic carbocycles. The van der Waals surface area contributed by atoms with Gasteiger partial charge in [-0.05, 0) is 29.8 Å². The van der Waals surface area contributed by atoms with Gasteiger partial charge in [0, 0.05) is 0 Å². The second-order valence-corrected chi connectivity index (χ2v) is 7.14. The van der Waals surface area contributed by atoms with Gasteiger partial charge in [-0.15, -0.1) is 0 Å². The molecule has 0 spiro atoms. The Labute approximate surface area is 133 Å². The summed E-state index contributed by atoms with van der Waals surface area (Å²) >= 11 is 0. The molecule has 2 aromatic carbocycles. The predicted octanol–water partition coefficient (Wildman–Crippen LogP) is 0.237. The molecule has 0 saturated heterocycles. The minimum atomic E-state index is -4.06. The monoisotopic (exact) mass is 335 g/mol. The minimum Gasteiger partial charge on any atom is -0.370 e. The number of carbonyl (C=O) groups is 2. The first-order valence-electron chi connectivity index (χ1n) is 6.75. The van der Waals surface area contributed by atoms with Crippen molar-refractivity contribution in [2.45, 2.75) is 23.8 Å². The van der Waals surface area contributed by atoms with E-state index in [1.54, 1.807) is 18.2 Å². The van der Waals surface area contributed by atoms with Crippen LogP contribution in [0.4, 0.5) is 0 Å². The maximum absolute atomic E-state index is 12.5. The molecule has 2 rings (SSSR count). The fourth-order valence-electron chi connectivity index (χ4n) is 2.21. The number of hydrogen-bond acceptors (Lipinski definition) is 4. The van der Waals surface area contributed by atoms with Crippen molar-refractivity contribution in [2.75, 3.05) is 0 Å². The minimum absolute atomic E-state index is 0.0341. The lowest BCUT2D eigenvalue weighted by Crippen LogP contribution is -2.56. The van der Waals surface area contributed by atoms with Gasteiger partial charge < -0.3 is 11.5 Å². The van der Waals surface area contributed by atoms with Crippen LogP contribution in [0.1, 0.15) is 13.3 Å². The van der Waals surface area contributed by atoms with Gasteiger partial charge in [0.05, 0.1) is 11.3 Å². The average Bonchev–Trinajstić information content (AvgIpc) is 2.45.